The van der Waals surface area contributed by atoms with E-state index in [1.54, 1.807) is 18.2 Å². The third kappa shape index (κ3) is 5.14. The summed E-state index contributed by atoms with van der Waals surface area (Å²) >= 11 is 0. The predicted molar refractivity (Wildman–Crippen MR) is 109 cm³/mol. The SMILES string of the molecule is O=S(=O)(c1ccc(OC(F)(F)F)cc1)N1CCC(Cn2c(C(F)(F)F)nc3ccccc32)CC1. The quantitative estimate of drug-likeness (QED) is 0.454. The highest BCUT2D eigenvalue weighted by Crippen LogP contribution is 2.34. The largest absolute Gasteiger partial charge is 0.573 e. The zero-order chi connectivity index (χ0) is 24.7. The first-order valence-corrected chi connectivity index (χ1v) is 11.7. The Morgan fingerprint density at radius 3 is 2.15 bits per heavy atom. The Morgan fingerprint density at radius 1 is 0.941 bits per heavy atom. The van der Waals surface area contributed by atoms with Gasteiger partial charge in [0.15, 0.2) is 0 Å². The lowest BCUT2D eigenvalue weighted by molar-refractivity contribution is -0.274. The van der Waals surface area contributed by atoms with E-state index < -0.39 is 34.1 Å². The lowest BCUT2D eigenvalue weighted by Crippen LogP contribution is -2.39. The molecule has 0 atom stereocenters. The van der Waals surface area contributed by atoms with E-state index in [0.717, 1.165) is 28.8 Å². The van der Waals surface area contributed by atoms with Gasteiger partial charge in [0.05, 0.1) is 15.9 Å². The molecule has 0 amide bonds. The molecule has 0 saturated carbocycles. The second-order valence-corrected chi connectivity index (χ2v) is 9.84. The Kier molecular flexibility index (Phi) is 6.27. The summed E-state index contributed by atoms with van der Waals surface area (Å²) in [5.74, 6) is -1.75. The third-order valence-electron chi connectivity index (χ3n) is 5.62. The molecule has 4 rings (SSSR count). The molecule has 34 heavy (non-hydrogen) atoms. The van der Waals surface area contributed by atoms with Crippen molar-refractivity contribution in [3.8, 4) is 5.75 Å². The molecule has 0 bridgehead atoms. The van der Waals surface area contributed by atoms with Crippen LogP contribution in [0.2, 0.25) is 0 Å². The van der Waals surface area contributed by atoms with Crippen molar-refractivity contribution in [1.29, 1.82) is 0 Å². The first kappa shape index (κ1) is 24.3. The van der Waals surface area contributed by atoms with Gasteiger partial charge in [-0.3, -0.25) is 0 Å². The van der Waals surface area contributed by atoms with Crippen LogP contribution in [0.3, 0.4) is 0 Å². The van der Waals surface area contributed by atoms with Gasteiger partial charge in [-0.15, -0.1) is 13.2 Å². The van der Waals surface area contributed by atoms with E-state index in [4.69, 9.17) is 0 Å². The first-order chi connectivity index (χ1) is 15.8. The highest BCUT2D eigenvalue weighted by Gasteiger charge is 2.39. The van der Waals surface area contributed by atoms with Crippen LogP contribution in [0.25, 0.3) is 11.0 Å². The second kappa shape index (κ2) is 8.77. The molecular weight excluding hydrogens is 488 g/mol. The van der Waals surface area contributed by atoms with Crippen LogP contribution in [0.15, 0.2) is 53.4 Å². The maximum Gasteiger partial charge on any atom is 0.573 e. The number of piperidine rings is 1. The molecule has 0 aliphatic carbocycles. The molecule has 13 heteroatoms. The van der Waals surface area contributed by atoms with E-state index in [0.29, 0.717) is 18.4 Å². The lowest BCUT2D eigenvalue weighted by atomic mass is 9.98. The molecule has 1 aliphatic heterocycles. The molecule has 1 aromatic heterocycles. The van der Waals surface area contributed by atoms with Crippen molar-refractivity contribution in [1.82, 2.24) is 13.9 Å². The average molecular weight is 507 g/mol. The number of benzene rings is 2. The summed E-state index contributed by atoms with van der Waals surface area (Å²) < 4.78 is 109. The third-order valence-corrected chi connectivity index (χ3v) is 7.53. The van der Waals surface area contributed by atoms with Gasteiger partial charge in [-0.1, -0.05) is 12.1 Å². The van der Waals surface area contributed by atoms with E-state index in [1.165, 1.54) is 10.4 Å². The molecule has 0 unspecified atom stereocenters. The van der Waals surface area contributed by atoms with Gasteiger partial charge in [-0.2, -0.15) is 17.5 Å². The van der Waals surface area contributed by atoms with Crippen LogP contribution in [0.5, 0.6) is 5.75 Å². The molecule has 3 aromatic rings. The minimum Gasteiger partial charge on any atom is -0.406 e. The minimum atomic E-state index is -4.89. The zero-order valence-corrected chi connectivity index (χ0v) is 18.3. The normalized spacial score (nSPS) is 16.8. The number of ether oxygens (including phenoxy) is 1. The molecule has 1 fully saturated rings. The smallest absolute Gasteiger partial charge is 0.406 e. The molecule has 0 radical (unpaired) electrons. The van der Waals surface area contributed by atoms with Crippen molar-refractivity contribution < 1.29 is 39.5 Å². The number of alkyl halides is 6. The summed E-state index contributed by atoms with van der Waals surface area (Å²) in [7, 11) is -3.98. The van der Waals surface area contributed by atoms with Crippen molar-refractivity contribution >= 4 is 21.1 Å². The second-order valence-electron chi connectivity index (χ2n) is 7.90. The van der Waals surface area contributed by atoms with Crippen LogP contribution in [0.1, 0.15) is 18.7 Å². The maximum absolute atomic E-state index is 13.5. The fourth-order valence-electron chi connectivity index (χ4n) is 4.03. The summed E-state index contributed by atoms with van der Waals surface area (Å²) in [6.45, 7) is 0.177. The summed E-state index contributed by atoms with van der Waals surface area (Å²) in [6.07, 6.45) is -8.89. The van der Waals surface area contributed by atoms with E-state index in [1.807, 2.05) is 0 Å². The fraction of sp³-hybridized carbons (Fsp3) is 0.381. The number of imidazole rings is 1. The molecule has 184 valence electrons. The predicted octanol–water partition coefficient (Wildman–Crippen LogP) is 5.05. The number of nitrogens with zero attached hydrogens (tertiary/aromatic N) is 3. The van der Waals surface area contributed by atoms with Crippen LogP contribution < -0.4 is 4.74 Å². The number of sulfonamides is 1. The van der Waals surface area contributed by atoms with Crippen molar-refractivity contribution in [2.24, 2.45) is 5.92 Å². The van der Waals surface area contributed by atoms with E-state index >= 15 is 0 Å². The average Bonchev–Trinajstić information content (AvgIpc) is 3.12. The Hall–Kier alpha value is -2.80. The number of aromatic nitrogens is 2. The monoisotopic (exact) mass is 507 g/mol. The lowest BCUT2D eigenvalue weighted by Gasteiger charge is -2.31. The van der Waals surface area contributed by atoms with E-state index in [9.17, 15) is 34.8 Å². The molecule has 1 saturated heterocycles. The Balaban J connectivity index is 1.46. The Morgan fingerprint density at radius 2 is 1.56 bits per heavy atom. The van der Waals surface area contributed by atoms with Gasteiger partial charge >= 0.3 is 12.5 Å². The highest BCUT2D eigenvalue weighted by molar-refractivity contribution is 7.89. The molecule has 0 spiro atoms. The van der Waals surface area contributed by atoms with Gasteiger partial charge in [0.1, 0.15) is 5.75 Å². The zero-order valence-electron chi connectivity index (χ0n) is 17.5. The Labute approximate surface area is 190 Å². The number of hydrogen-bond donors (Lipinski definition) is 0. The summed E-state index contributed by atoms with van der Waals surface area (Å²) in [4.78, 5) is 3.53. The standard InChI is InChI=1S/C21H19F6N3O3S/c22-20(23,24)19-28-17-3-1-2-4-18(17)30(19)13-14-9-11-29(12-10-14)34(31,32)16-7-5-15(6-8-16)33-21(25,26)27/h1-8,14H,9-13H2. The van der Waals surface area contributed by atoms with E-state index in [2.05, 4.69) is 9.72 Å². The summed E-state index contributed by atoms with van der Waals surface area (Å²) in [5.41, 5.74) is 0.582. The molecule has 6 nitrogen and oxygen atoms in total. The number of rotatable bonds is 5. The van der Waals surface area contributed by atoms with Crippen LogP contribution >= 0.6 is 0 Å². The van der Waals surface area contributed by atoms with Crippen molar-refractivity contribution in [3.05, 3.63) is 54.4 Å². The van der Waals surface area contributed by atoms with Crippen LogP contribution in [-0.2, 0) is 22.7 Å². The van der Waals surface area contributed by atoms with Gasteiger partial charge in [-0.05, 0) is 55.2 Å². The van der Waals surface area contributed by atoms with Crippen LogP contribution in [0.4, 0.5) is 26.3 Å². The fourth-order valence-corrected chi connectivity index (χ4v) is 5.50. The molecule has 0 N–H and O–H groups in total. The number of hydrogen-bond acceptors (Lipinski definition) is 4. The number of fused-ring (bicyclic) bond motifs is 1. The molecule has 2 aromatic carbocycles. The van der Waals surface area contributed by atoms with Gasteiger partial charge in [-0.25, -0.2) is 13.4 Å². The van der Waals surface area contributed by atoms with Gasteiger partial charge in [0.2, 0.25) is 15.8 Å². The number of para-hydroxylation sites is 2. The molecular formula is C21H19F6N3O3S. The summed E-state index contributed by atoms with van der Waals surface area (Å²) in [5, 5.41) is 0. The van der Waals surface area contributed by atoms with Crippen molar-refractivity contribution in [2.45, 2.75) is 36.8 Å². The van der Waals surface area contributed by atoms with Crippen molar-refractivity contribution in [3.63, 3.8) is 0 Å². The number of halogens is 6. The van der Waals surface area contributed by atoms with Crippen LogP contribution in [-0.4, -0.2) is 41.7 Å². The van der Waals surface area contributed by atoms with Crippen molar-refractivity contribution in [2.75, 3.05) is 13.1 Å². The topological polar surface area (TPSA) is 64.4 Å². The highest BCUT2D eigenvalue weighted by atomic mass is 32.2. The maximum atomic E-state index is 13.5. The minimum absolute atomic E-state index is 0.0344. The molecule has 2 heterocycles. The van der Waals surface area contributed by atoms with Crippen LogP contribution in [0, 0.1) is 5.92 Å². The Bertz CT molecular complexity index is 1260. The van der Waals surface area contributed by atoms with Gasteiger partial charge in [0, 0.05) is 19.6 Å². The van der Waals surface area contributed by atoms with Gasteiger partial charge < -0.3 is 9.30 Å². The van der Waals surface area contributed by atoms with E-state index in [-0.39, 0.29) is 36.0 Å². The summed E-state index contributed by atoms with van der Waals surface area (Å²) in [6, 6.07) is 10.2. The van der Waals surface area contributed by atoms with Gasteiger partial charge in [0.25, 0.3) is 0 Å². The molecule has 1 aliphatic rings. The first-order valence-electron chi connectivity index (χ1n) is 10.2.